The minimum absolute atomic E-state index is 0.119. The van der Waals surface area contributed by atoms with Gasteiger partial charge in [-0.05, 0) is 50.2 Å². The van der Waals surface area contributed by atoms with E-state index in [4.69, 9.17) is 9.47 Å². The minimum Gasteiger partial charge on any atom is -0.497 e. The topological polar surface area (TPSA) is 77.0 Å². The Hall–Kier alpha value is -2.54. The van der Waals surface area contributed by atoms with Gasteiger partial charge in [-0.15, -0.1) is 0 Å². The Morgan fingerprint density at radius 3 is 2.46 bits per heavy atom. The van der Waals surface area contributed by atoms with Crippen molar-refractivity contribution < 1.29 is 17.9 Å². The van der Waals surface area contributed by atoms with Gasteiger partial charge in [0.05, 0.1) is 24.3 Å². The van der Waals surface area contributed by atoms with Gasteiger partial charge < -0.3 is 9.47 Å². The van der Waals surface area contributed by atoms with Crippen LogP contribution < -0.4 is 14.3 Å². The molecule has 0 unspecified atom stereocenters. The summed E-state index contributed by atoms with van der Waals surface area (Å²) in [6, 6.07) is 13.4. The largest absolute Gasteiger partial charge is 0.497 e. The second-order valence-corrected chi connectivity index (χ2v) is 6.59. The Balaban J connectivity index is 2.15. The van der Waals surface area contributed by atoms with Crippen molar-refractivity contribution in [2.75, 3.05) is 13.7 Å². The molecule has 7 heteroatoms. The fourth-order valence-electron chi connectivity index (χ4n) is 1.98. The summed E-state index contributed by atoms with van der Waals surface area (Å²) in [6.45, 7) is 4.10. The summed E-state index contributed by atoms with van der Waals surface area (Å²) in [4.78, 5) is 2.36. The van der Waals surface area contributed by atoms with Crippen LogP contribution in [0.2, 0.25) is 0 Å². The molecule has 0 saturated carbocycles. The zero-order chi connectivity index (χ0) is 17.6. The fraction of sp³-hybridized carbons (Fsp3) is 0.235. The summed E-state index contributed by atoms with van der Waals surface area (Å²) >= 11 is 0. The molecule has 0 aliphatic carbocycles. The number of hydrazone groups is 1. The third-order valence-corrected chi connectivity index (χ3v) is 4.49. The molecule has 0 spiro atoms. The molecule has 6 nitrogen and oxygen atoms in total. The summed E-state index contributed by atoms with van der Waals surface area (Å²) in [5.74, 6) is 1.30. The number of methoxy groups -OCH3 is 1. The number of benzene rings is 2. The molecule has 0 heterocycles. The van der Waals surface area contributed by atoms with Gasteiger partial charge in [-0.3, -0.25) is 0 Å². The molecule has 0 radical (unpaired) electrons. The lowest BCUT2D eigenvalue weighted by Gasteiger charge is -2.07. The highest BCUT2D eigenvalue weighted by Crippen LogP contribution is 2.16. The summed E-state index contributed by atoms with van der Waals surface area (Å²) in [6.07, 6.45) is 0. The monoisotopic (exact) mass is 348 g/mol. The Morgan fingerprint density at radius 2 is 1.83 bits per heavy atom. The molecule has 0 fully saturated rings. The van der Waals surface area contributed by atoms with Gasteiger partial charge in [0.1, 0.15) is 11.5 Å². The zero-order valence-electron chi connectivity index (χ0n) is 13.8. The van der Waals surface area contributed by atoms with Gasteiger partial charge in [0.2, 0.25) is 0 Å². The van der Waals surface area contributed by atoms with Crippen molar-refractivity contribution in [2.24, 2.45) is 5.10 Å². The van der Waals surface area contributed by atoms with Crippen molar-refractivity contribution in [1.29, 1.82) is 0 Å². The van der Waals surface area contributed by atoms with Gasteiger partial charge in [0, 0.05) is 5.56 Å². The molecule has 0 aliphatic rings. The predicted molar refractivity (Wildman–Crippen MR) is 93.1 cm³/mol. The van der Waals surface area contributed by atoms with Gasteiger partial charge in [-0.2, -0.15) is 18.4 Å². The van der Waals surface area contributed by atoms with E-state index in [0.29, 0.717) is 23.8 Å². The van der Waals surface area contributed by atoms with Crippen molar-refractivity contribution in [2.45, 2.75) is 18.7 Å². The van der Waals surface area contributed by atoms with Gasteiger partial charge in [0.15, 0.2) is 0 Å². The van der Waals surface area contributed by atoms with Gasteiger partial charge >= 0.3 is 0 Å². The van der Waals surface area contributed by atoms with E-state index in [-0.39, 0.29) is 4.90 Å². The normalized spacial score (nSPS) is 11.9. The van der Waals surface area contributed by atoms with E-state index >= 15 is 0 Å². The Labute approximate surface area is 142 Å². The standard InChI is InChI=1S/C17H20N2O4S/c1-4-23-15-8-10-17(11-9-15)24(20,21)19-18-13(2)14-6-5-7-16(12-14)22-3/h5-12,19H,4H2,1-3H3/b18-13+. The Morgan fingerprint density at radius 1 is 1.12 bits per heavy atom. The molecular formula is C17H20N2O4S. The second-order valence-electron chi connectivity index (χ2n) is 4.93. The van der Waals surface area contributed by atoms with E-state index in [1.807, 2.05) is 19.1 Å². The highest BCUT2D eigenvalue weighted by molar-refractivity contribution is 7.89. The lowest BCUT2D eigenvalue weighted by molar-refractivity contribution is 0.340. The minimum atomic E-state index is -3.74. The number of sulfonamides is 1. The maximum atomic E-state index is 12.3. The molecule has 0 saturated heterocycles. The van der Waals surface area contributed by atoms with Gasteiger partial charge in [-0.1, -0.05) is 12.1 Å². The molecule has 1 N–H and O–H groups in total. The molecule has 0 atom stereocenters. The van der Waals surface area contributed by atoms with Crippen molar-refractivity contribution in [3.8, 4) is 11.5 Å². The van der Waals surface area contributed by atoms with Crippen molar-refractivity contribution >= 4 is 15.7 Å². The molecule has 0 aromatic heterocycles. The molecule has 2 aromatic carbocycles. The first kappa shape index (κ1) is 17.8. The van der Waals surface area contributed by atoms with E-state index in [0.717, 1.165) is 5.56 Å². The molecular weight excluding hydrogens is 328 g/mol. The number of rotatable bonds is 7. The van der Waals surface area contributed by atoms with Crippen molar-refractivity contribution in [1.82, 2.24) is 4.83 Å². The second kappa shape index (κ2) is 7.83. The molecule has 2 rings (SSSR count). The summed E-state index contributed by atoms with van der Waals surface area (Å²) in [5.41, 5.74) is 1.30. The SMILES string of the molecule is CCOc1ccc(S(=O)(=O)N/N=C(\C)c2cccc(OC)c2)cc1. The van der Waals surface area contributed by atoms with Crippen LogP contribution in [-0.4, -0.2) is 27.8 Å². The van der Waals surface area contributed by atoms with Crippen LogP contribution in [0.3, 0.4) is 0 Å². The first-order chi connectivity index (χ1) is 11.5. The third kappa shape index (κ3) is 4.48. The van der Waals surface area contributed by atoms with Crippen LogP contribution in [0.25, 0.3) is 0 Å². The molecule has 2 aromatic rings. The molecule has 24 heavy (non-hydrogen) atoms. The maximum absolute atomic E-state index is 12.3. The Bertz CT molecular complexity index is 815. The van der Waals surface area contributed by atoms with Crippen LogP contribution in [0.4, 0.5) is 0 Å². The third-order valence-electron chi connectivity index (χ3n) is 3.27. The Kier molecular flexibility index (Phi) is 5.81. The molecule has 0 amide bonds. The zero-order valence-corrected chi connectivity index (χ0v) is 14.6. The van der Waals surface area contributed by atoms with Crippen LogP contribution in [0.1, 0.15) is 19.4 Å². The van der Waals surface area contributed by atoms with Gasteiger partial charge in [-0.25, -0.2) is 0 Å². The highest BCUT2D eigenvalue weighted by atomic mass is 32.2. The van der Waals surface area contributed by atoms with E-state index in [9.17, 15) is 8.42 Å². The number of nitrogens with zero attached hydrogens (tertiary/aromatic N) is 1. The summed E-state index contributed by atoms with van der Waals surface area (Å²) in [5, 5.41) is 3.97. The highest BCUT2D eigenvalue weighted by Gasteiger charge is 2.13. The first-order valence-corrected chi connectivity index (χ1v) is 8.88. The molecule has 128 valence electrons. The lowest BCUT2D eigenvalue weighted by atomic mass is 10.1. The molecule has 0 aliphatic heterocycles. The first-order valence-electron chi connectivity index (χ1n) is 7.39. The van der Waals surface area contributed by atoms with Crippen molar-refractivity contribution in [3.63, 3.8) is 0 Å². The average Bonchev–Trinajstić information content (AvgIpc) is 2.60. The van der Waals surface area contributed by atoms with Crippen LogP contribution in [0.5, 0.6) is 11.5 Å². The maximum Gasteiger partial charge on any atom is 0.276 e. The smallest absolute Gasteiger partial charge is 0.276 e. The number of hydrogen-bond acceptors (Lipinski definition) is 5. The van der Waals surface area contributed by atoms with Crippen LogP contribution >= 0.6 is 0 Å². The van der Waals surface area contributed by atoms with Crippen LogP contribution in [-0.2, 0) is 10.0 Å². The number of nitrogens with one attached hydrogen (secondary N) is 1. The average molecular weight is 348 g/mol. The quantitative estimate of drug-likeness (QED) is 0.616. The lowest BCUT2D eigenvalue weighted by Crippen LogP contribution is -2.20. The van der Waals surface area contributed by atoms with Crippen LogP contribution in [0.15, 0.2) is 58.5 Å². The van der Waals surface area contributed by atoms with Gasteiger partial charge in [0.25, 0.3) is 10.0 Å². The van der Waals surface area contributed by atoms with E-state index in [1.54, 1.807) is 38.3 Å². The van der Waals surface area contributed by atoms with E-state index in [1.165, 1.54) is 12.1 Å². The van der Waals surface area contributed by atoms with Crippen LogP contribution in [0, 0.1) is 0 Å². The predicted octanol–water partition coefficient (Wildman–Crippen LogP) is 2.80. The molecule has 0 bridgehead atoms. The fourth-order valence-corrected chi connectivity index (χ4v) is 2.83. The van der Waals surface area contributed by atoms with Crippen molar-refractivity contribution in [3.05, 3.63) is 54.1 Å². The number of ether oxygens (including phenoxy) is 2. The summed E-state index contributed by atoms with van der Waals surface area (Å²) < 4.78 is 35.0. The number of hydrogen-bond donors (Lipinski definition) is 1. The van der Waals surface area contributed by atoms with E-state index < -0.39 is 10.0 Å². The van der Waals surface area contributed by atoms with E-state index in [2.05, 4.69) is 9.93 Å². The summed E-state index contributed by atoms with van der Waals surface area (Å²) in [7, 11) is -2.17.